The van der Waals surface area contributed by atoms with Crippen LogP contribution in [0.5, 0.6) is 0 Å². The van der Waals surface area contributed by atoms with Crippen molar-refractivity contribution in [3.63, 3.8) is 0 Å². The smallest absolute Gasteiger partial charge is 0.221 e. The summed E-state index contributed by atoms with van der Waals surface area (Å²) in [5, 5.41) is 3.36. The molecule has 0 amide bonds. The lowest BCUT2D eigenvalue weighted by Crippen LogP contribution is -2.07. The monoisotopic (exact) mass is 316 g/mol. The van der Waals surface area contributed by atoms with Gasteiger partial charge >= 0.3 is 0 Å². The molecule has 2 rings (SSSR count). The molecule has 1 aromatic heterocycles. The van der Waals surface area contributed by atoms with Crippen LogP contribution in [0.4, 0.5) is 11.8 Å². The van der Waals surface area contributed by atoms with Crippen LogP contribution in [0.25, 0.3) is 0 Å². The maximum Gasteiger partial charge on any atom is 0.221 e. The first-order valence-electron chi connectivity index (χ1n) is 7.80. The molecule has 22 heavy (non-hydrogen) atoms. The highest BCUT2D eigenvalue weighted by Gasteiger charge is 2.07. The average Bonchev–Trinajstić information content (AvgIpc) is 2.55. The second kappa shape index (κ2) is 8.63. The lowest BCUT2D eigenvalue weighted by atomic mass is 10.1. The molecule has 5 heteroatoms. The Hall–Kier alpha value is -1.75. The van der Waals surface area contributed by atoms with Crippen LogP contribution in [0, 0.1) is 0 Å². The number of nitrogens with zero attached hydrogens (tertiary/aromatic N) is 2. The van der Waals surface area contributed by atoms with Crippen LogP contribution < -0.4 is 11.1 Å². The number of unbranched alkanes of at least 4 members (excludes halogenated alkanes) is 1. The predicted octanol–water partition coefficient (Wildman–Crippen LogP) is 4.13. The van der Waals surface area contributed by atoms with Crippen molar-refractivity contribution >= 4 is 23.5 Å². The summed E-state index contributed by atoms with van der Waals surface area (Å²) in [6.45, 7) is 5.25. The summed E-state index contributed by atoms with van der Waals surface area (Å²) in [7, 11) is 0. The normalized spacial score (nSPS) is 10.6. The molecular weight excluding hydrogens is 292 g/mol. The molecule has 0 fully saturated rings. The zero-order chi connectivity index (χ0) is 15.8. The Balaban J connectivity index is 2.01. The molecule has 118 valence electrons. The standard InChI is InChI=1S/C17H24N4S/c1-3-5-10-19-16-15(11-20-17(18)21-16)22-12-14-8-6-13(4-2)7-9-14/h6-9,11H,3-5,10,12H2,1-2H3,(H3,18,19,20,21). The Labute approximate surface area is 136 Å². The third-order valence-electron chi connectivity index (χ3n) is 3.42. The molecule has 0 aliphatic rings. The molecule has 0 unspecified atom stereocenters. The first-order valence-corrected chi connectivity index (χ1v) is 8.78. The molecule has 3 N–H and O–H groups in total. The third-order valence-corrected chi connectivity index (χ3v) is 4.51. The van der Waals surface area contributed by atoms with Crippen molar-refractivity contribution in [2.45, 2.75) is 43.8 Å². The van der Waals surface area contributed by atoms with Gasteiger partial charge in [0, 0.05) is 18.5 Å². The van der Waals surface area contributed by atoms with E-state index in [1.54, 1.807) is 11.8 Å². The highest BCUT2D eigenvalue weighted by molar-refractivity contribution is 7.98. The molecule has 2 aromatic rings. The first-order chi connectivity index (χ1) is 10.7. The molecule has 0 bridgehead atoms. The summed E-state index contributed by atoms with van der Waals surface area (Å²) in [4.78, 5) is 9.48. The van der Waals surface area contributed by atoms with Crippen molar-refractivity contribution in [2.24, 2.45) is 0 Å². The number of thioether (sulfide) groups is 1. The molecule has 0 saturated carbocycles. The highest BCUT2D eigenvalue weighted by Crippen LogP contribution is 2.28. The van der Waals surface area contributed by atoms with Gasteiger partial charge in [0.2, 0.25) is 5.95 Å². The van der Waals surface area contributed by atoms with E-state index < -0.39 is 0 Å². The highest BCUT2D eigenvalue weighted by atomic mass is 32.2. The molecule has 0 radical (unpaired) electrons. The minimum atomic E-state index is 0.315. The van der Waals surface area contributed by atoms with Crippen molar-refractivity contribution in [3.8, 4) is 0 Å². The van der Waals surface area contributed by atoms with Gasteiger partial charge in [-0.3, -0.25) is 0 Å². The van der Waals surface area contributed by atoms with Gasteiger partial charge in [-0.2, -0.15) is 4.98 Å². The number of benzene rings is 1. The maximum atomic E-state index is 5.70. The molecule has 0 aliphatic carbocycles. The van der Waals surface area contributed by atoms with Gasteiger partial charge < -0.3 is 11.1 Å². The first kappa shape index (κ1) is 16.6. The van der Waals surface area contributed by atoms with E-state index in [2.05, 4.69) is 53.4 Å². The van der Waals surface area contributed by atoms with Crippen molar-refractivity contribution < 1.29 is 0 Å². The Morgan fingerprint density at radius 3 is 2.55 bits per heavy atom. The van der Waals surface area contributed by atoms with Crippen LogP contribution in [-0.4, -0.2) is 16.5 Å². The van der Waals surface area contributed by atoms with E-state index in [0.29, 0.717) is 5.95 Å². The fourth-order valence-corrected chi connectivity index (χ4v) is 2.93. The van der Waals surface area contributed by atoms with E-state index in [4.69, 9.17) is 5.73 Å². The van der Waals surface area contributed by atoms with Gasteiger partial charge in [0.1, 0.15) is 5.82 Å². The topological polar surface area (TPSA) is 63.8 Å². The zero-order valence-electron chi connectivity index (χ0n) is 13.3. The number of aryl methyl sites for hydroxylation is 1. The summed E-state index contributed by atoms with van der Waals surface area (Å²) in [5.41, 5.74) is 8.37. The molecule has 0 atom stereocenters. The summed E-state index contributed by atoms with van der Waals surface area (Å²) in [6.07, 6.45) is 5.15. The van der Waals surface area contributed by atoms with E-state index in [-0.39, 0.29) is 0 Å². The van der Waals surface area contributed by atoms with Gasteiger partial charge in [-0.15, -0.1) is 11.8 Å². The van der Waals surface area contributed by atoms with Gasteiger partial charge in [-0.1, -0.05) is 44.5 Å². The van der Waals surface area contributed by atoms with E-state index in [0.717, 1.165) is 42.3 Å². The second-order valence-corrected chi connectivity index (χ2v) is 6.20. The number of anilines is 2. The van der Waals surface area contributed by atoms with Crippen molar-refractivity contribution in [1.29, 1.82) is 0 Å². The van der Waals surface area contributed by atoms with Crippen LogP contribution in [-0.2, 0) is 12.2 Å². The zero-order valence-corrected chi connectivity index (χ0v) is 14.1. The fourth-order valence-electron chi connectivity index (χ4n) is 2.03. The fraction of sp³-hybridized carbons (Fsp3) is 0.412. The number of aromatic nitrogens is 2. The quantitative estimate of drug-likeness (QED) is 0.566. The van der Waals surface area contributed by atoms with E-state index in [9.17, 15) is 0 Å². The van der Waals surface area contributed by atoms with E-state index in [1.807, 2.05) is 6.20 Å². The number of nitrogen functional groups attached to an aromatic ring is 1. The van der Waals surface area contributed by atoms with Gasteiger partial charge in [0.25, 0.3) is 0 Å². The number of nitrogens with two attached hydrogens (primary N) is 1. The molecule has 0 saturated heterocycles. The number of hydrogen-bond donors (Lipinski definition) is 2. The molecule has 0 aliphatic heterocycles. The number of rotatable bonds is 8. The van der Waals surface area contributed by atoms with Crippen LogP contribution in [0.3, 0.4) is 0 Å². The van der Waals surface area contributed by atoms with E-state index >= 15 is 0 Å². The summed E-state index contributed by atoms with van der Waals surface area (Å²) in [5.74, 6) is 2.06. The summed E-state index contributed by atoms with van der Waals surface area (Å²) < 4.78 is 0. The van der Waals surface area contributed by atoms with Gasteiger partial charge in [0.15, 0.2) is 0 Å². The maximum absolute atomic E-state index is 5.70. The molecular formula is C17H24N4S. The Bertz CT molecular complexity index is 584. The molecule has 1 heterocycles. The minimum Gasteiger partial charge on any atom is -0.369 e. The van der Waals surface area contributed by atoms with Crippen LogP contribution in [0.2, 0.25) is 0 Å². The number of hydrogen-bond acceptors (Lipinski definition) is 5. The second-order valence-electron chi connectivity index (χ2n) is 5.18. The summed E-state index contributed by atoms with van der Waals surface area (Å²) in [6, 6.07) is 8.76. The average molecular weight is 316 g/mol. The Morgan fingerprint density at radius 1 is 1.14 bits per heavy atom. The van der Waals surface area contributed by atoms with Gasteiger partial charge in [-0.05, 0) is 24.0 Å². The third kappa shape index (κ3) is 4.91. The Morgan fingerprint density at radius 2 is 1.86 bits per heavy atom. The lowest BCUT2D eigenvalue weighted by molar-refractivity contribution is 0.827. The predicted molar refractivity (Wildman–Crippen MR) is 95.2 cm³/mol. The van der Waals surface area contributed by atoms with E-state index in [1.165, 1.54) is 11.1 Å². The molecule has 1 aromatic carbocycles. The minimum absolute atomic E-state index is 0.315. The van der Waals surface area contributed by atoms with Crippen LogP contribution in [0.15, 0.2) is 35.4 Å². The van der Waals surface area contributed by atoms with Gasteiger partial charge in [0.05, 0.1) is 4.90 Å². The molecule has 4 nitrogen and oxygen atoms in total. The molecule has 0 spiro atoms. The largest absolute Gasteiger partial charge is 0.369 e. The lowest BCUT2D eigenvalue weighted by Gasteiger charge is -2.10. The SMILES string of the molecule is CCCCNc1nc(N)ncc1SCc1ccc(CC)cc1. The van der Waals surface area contributed by atoms with Crippen LogP contribution in [0.1, 0.15) is 37.8 Å². The van der Waals surface area contributed by atoms with Gasteiger partial charge in [-0.25, -0.2) is 4.98 Å². The number of nitrogens with one attached hydrogen (secondary N) is 1. The Kier molecular flexibility index (Phi) is 6.52. The summed E-state index contributed by atoms with van der Waals surface area (Å²) >= 11 is 1.74. The van der Waals surface area contributed by atoms with Crippen molar-refractivity contribution in [2.75, 3.05) is 17.6 Å². The van der Waals surface area contributed by atoms with Crippen molar-refractivity contribution in [1.82, 2.24) is 9.97 Å². The van der Waals surface area contributed by atoms with Crippen LogP contribution >= 0.6 is 11.8 Å². The van der Waals surface area contributed by atoms with Crippen molar-refractivity contribution in [3.05, 3.63) is 41.6 Å².